The highest BCUT2D eigenvalue weighted by Crippen LogP contribution is 2.30. The van der Waals surface area contributed by atoms with Gasteiger partial charge in [0.15, 0.2) is 5.82 Å². The Bertz CT molecular complexity index is 857. The molecule has 3 rings (SSSR count). The number of anilines is 1. The number of likely N-dealkylation sites (N-methyl/N-ethyl adjacent to an activating group) is 1. The van der Waals surface area contributed by atoms with Crippen molar-refractivity contribution in [2.24, 2.45) is 5.41 Å². The minimum absolute atomic E-state index is 0.0958. The van der Waals surface area contributed by atoms with Gasteiger partial charge in [0.2, 0.25) is 5.78 Å². The highest BCUT2D eigenvalue weighted by Gasteiger charge is 2.36. The number of ketones is 1. The lowest BCUT2D eigenvalue weighted by Gasteiger charge is -2.41. The van der Waals surface area contributed by atoms with Crippen LogP contribution in [0.25, 0.3) is 11.0 Å². The lowest BCUT2D eigenvalue weighted by atomic mass is 9.87. The van der Waals surface area contributed by atoms with Gasteiger partial charge in [-0.2, -0.15) is 0 Å². The van der Waals surface area contributed by atoms with E-state index in [0.29, 0.717) is 11.9 Å². The molecule has 1 aliphatic heterocycles. The number of methoxy groups -OCH3 is 2. The van der Waals surface area contributed by atoms with Gasteiger partial charge in [-0.05, 0) is 45.0 Å². The Morgan fingerprint density at radius 2 is 1.97 bits per heavy atom. The smallest absolute Gasteiger partial charge is 0.208 e. The number of hydrogen-bond acceptors (Lipinski definition) is 6. The van der Waals surface area contributed by atoms with Crippen molar-refractivity contribution in [1.82, 2.24) is 14.9 Å². The van der Waals surface area contributed by atoms with Crippen molar-refractivity contribution in [3.63, 3.8) is 0 Å². The number of nitrogens with one attached hydrogen (secondary N) is 1. The predicted molar refractivity (Wildman–Crippen MR) is 116 cm³/mol. The molecule has 1 saturated heterocycles. The maximum absolute atomic E-state index is 13.1. The first-order valence-electron chi connectivity index (χ1n) is 10.3. The molecule has 0 bridgehead atoms. The molecule has 1 aromatic heterocycles. The number of fused-ring (bicyclic) bond motifs is 1. The molecule has 7 heteroatoms. The van der Waals surface area contributed by atoms with Crippen molar-refractivity contribution >= 4 is 22.5 Å². The molecule has 1 N–H and O–H groups in total. The second-order valence-corrected chi connectivity index (χ2v) is 8.43. The van der Waals surface area contributed by atoms with Gasteiger partial charge in [-0.25, -0.2) is 4.98 Å². The fourth-order valence-electron chi connectivity index (χ4n) is 4.34. The fourth-order valence-corrected chi connectivity index (χ4v) is 4.34. The number of ether oxygens (including phenoxy) is 2. The second kappa shape index (κ2) is 8.81. The highest BCUT2D eigenvalue weighted by atomic mass is 16.5. The molecule has 160 valence electrons. The second-order valence-electron chi connectivity index (χ2n) is 8.43. The monoisotopic (exact) mass is 402 g/mol. The summed E-state index contributed by atoms with van der Waals surface area (Å²) in [6.45, 7) is 13.2. The van der Waals surface area contributed by atoms with Gasteiger partial charge in [-0.3, -0.25) is 9.69 Å². The number of H-pyrrole nitrogens is 1. The van der Waals surface area contributed by atoms with Crippen LogP contribution in [-0.2, 0) is 9.47 Å². The van der Waals surface area contributed by atoms with Crippen molar-refractivity contribution in [3.8, 4) is 0 Å². The third-order valence-electron chi connectivity index (χ3n) is 5.96. The van der Waals surface area contributed by atoms with Gasteiger partial charge in [-0.15, -0.1) is 0 Å². The first kappa shape index (κ1) is 21.7. The lowest BCUT2D eigenvalue weighted by molar-refractivity contribution is 0.0221. The zero-order valence-electron chi connectivity index (χ0n) is 18.5. The molecule has 2 heterocycles. The Kier molecular flexibility index (Phi) is 6.61. The van der Waals surface area contributed by atoms with Crippen LogP contribution in [-0.4, -0.2) is 80.3 Å². The minimum atomic E-state index is -0.778. The zero-order chi connectivity index (χ0) is 21.2. The van der Waals surface area contributed by atoms with Crippen LogP contribution in [0.1, 0.15) is 37.0 Å². The molecule has 7 nitrogen and oxygen atoms in total. The average molecular weight is 403 g/mol. The summed E-state index contributed by atoms with van der Waals surface area (Å²) in [5, 5.41) is 0. The summed E-state index contributed by atoms with van der Waals surface area (Å²) in [4.78, 5) is 25.9. The maximum Gasteiger partial charge on any atom is 0.208 e. The van der Waals surface area contributed by atoms with Crippen LogP contribution >= 0.6 is 0 Å². The van der Waals surface area contributed by atoms with Crippen molar-refractivity contribution in [3.05, 3.63) is 23.5 Å². The number of aryl methyl sites for hydroxylation is 1. The number of aromatic nitrogens is 2. The summed E-state index contributed by atoms with van der Waals surface area (Å²) in [5.41, 5.74) is 3.31. The van der Waals surface area contributed by atoms with Crippen LogP contribution in [0.3, 0.4) is 0 Å². The molecule has 0 amide bonds. The number of aromatic amines is 1. The van der Waals surface area contributed by atoms with E-state index in [1.807, 2.05) is 6.92 Å². The number of nitrogens with zero attached hydrogens (tertiary/aromatic N) is 3. The number of rotatable bonds is 8. The molecule has 1 fully saturated rings. The summed E-state index contributed by atoms with van der Waals surface area (Å²) >= 11 is 0. The largest absolute Gasteiger partial charge is 0.384 e. The van der Waals surface area contributed by atoms with Gasteiger partial charge in [0.25, 0.3) is 0 Å². The Morgan fingerprint density at radius 1 is 1.28 bits per heavy atom. The van der Waals surface area contributed by atoms with Gasteiger partial charge in [0.05, 0.1) is 29.7 Å². The van der Waals surface area contributed by atoms with E-state index in [-0.39, 0.29) is 19.0 Å². The topological polar surface area (TPSA) is 70.7 Å². The lowest BCUT2D eigenvalue weighted by Crippen LogP contribution is -2.52. The molecule has 0 saturated carbocycles. The number of Topliss-reactive ketones (excluding diaryl/α,β-unsaturated/α-hetero) is 1. The van der Waals surface area contributed by atoms with E-state index in [0.717, 1.165) is 37.2 Å². The quantitative estimate of drug-likeness (QED) is 0.685. The molecule has 1 aliphatic rings. The number of imidazole rings is 1. The van der Waals surface area contributed by atoms with Crippen LogP contribution in [0.5, 0.6) is 0 Å². The highest BCUT2D eigenvalue weighted by molar-refractivity contribution is 6.00. The standard InChI is InChI=1S/C22H34N4O3/c1-7-25-8-9-26(16(3)12-25)19-11-18-17(10-15(19)2)23-21(24-18)20(27)22(4,13-28-5)14-29-6/h10-11,16H,7-9,12-14H2,1-6H3,(H,23,24). The van der Waals surface area contributed by atoms with Crippen molar-refractivity contribution < 1.29 is 14.3 Å². The molecule has 0 spiro atoms. The van der Waals surface area contributed by atoms with Crippen LogP contribution in [0.15, 0.2) is 12.1 Å². The van der Waals surface area contributed by atoms with Crippen LogP contribution in [0.2, 0.25) is 0 Å². The predicted octanol–water partition coefficient (Wildman–Crippen LogP) is 2.88. The number of carbonyl (C=O) groups is 1. The summed E-state index contributed by atoms with van der Waals surface area (Å²) in [7, 11) is 3.18. The van der Waals surface area contributed by atoms with Gasteiger partial charge in [0, 0.05) is 45.6 Å². The SMILES string of the molecule is CCN1CCN(c2cc3nc(C(=O)C(C)(COC)COC)[nH]c3cc2C)C(C)C1. The minimum Gasteiger partial charge on any atom is -0.384 e. The molecule has 0 aliphatic carbocycles. The molecule has 1 unspecified atom stereocenters. The van der Waals surface area contributed by atoms with E-state index in [9.17, 15) is 4.79 Å². The number of hydrogen-bond donors (Lipinski definition) is 1. The Morgan fingerprint density at radius 3 is 2.55 bits per heavy atom. The molecule has 29 heavy (non-hydrogen) atoms. The van der Waals surface area contributed by atoms with E-state index in [1.54, 1.807) is 14.2 Å². The molecule has 0 radical (unpaired) electrons. The molecular weight excluding hydrogens is 368 g/mol. The summed E-state index contributed by atoms with van der Waals surface area (Å²) in [5.74, 6) is 0.263. The summed E-state index contributed by atoms with van der Waals surface area (Å²) in [6, 6.07) is 4.64. The molecule has 1 atom stereocenters. The Hall–Kier alpha value is -1.96. The molecule has 2 aromatic rings. The normalized spacial score (nSPS) is 18.6. The molecular formula is C22H34N4O3. The Labute approximate surface area is 173 Å². The average Bonchev–Trinajstić information content (AvgIpc) is 3.09. The molecule has 1 aromatic carbocycles. The van der Waals surface area contributed by atoms with Gasteiger partial charge in [0.1, 0.15) is 0 Å². The third-order valence-corrected chi connectivity index (χ3v) is 5.96. The third kappa shape index (κ3) is 4.32. The van der Waals surface area contributed by atoms with Crippen LogP contribution in [0, 0.1) is 12.3 Å². The number of carbonyl (C=O) groups excluding carboxylic acids is 1. The zero-order valence-corrected chi connectivity index (χ0v) is 18.5. The van der Waals surface area contributed by atoms with Crippen LogP contribution < -0.4 is 4.90 Å². The summed E-state index contributed by atoms with van der Waals surface area (Å²) in [6.07, 6.45) is 0. The van der Waals surface area contributed by atoms with E-state index in [2.05, 4.69) is 52.7 Å². The van der Waals surface area contributed by atoms with E-state index < -0.39 is 5.41 Å². The van der Waals surface area contributed by atoms with Crippen molar-refractivity contribution in [2.75, 3.05) is 58.5 Å². The van der Waals surface area contributed by atoms with Crippen molar-refractivity contribution in [1.29, 1.82) is 0 Å². The first-order valence-corrected chi connectivity index (χ1v) is 10.3. The maximum atomic E-state index is 13.1. The fraction of sp³-hybridized carbons (Fsp3) is 0.636. The van der Waals surface area contributed by atoms with E-state index >= 15 is 0 Å². The summed E-state index contributed by atoms with van der Waals surface area (Å²) < 4.78 is 10.5. The number of benzene rings is 1. The van der Waals surface area contributed by atoms with Gasteiger partial charge < -0.3 is 19.4 Å². The van der Waals surface area contributed by atoms with Gasteiger partial charge >= 0.3 is 0 Å². The van der Waals surface area contributed by atoms with Gasteiger partial charge in [-0.1, -0.05) is 6.92 Å². The van der Waals surface area contributed by atoms with Crippen molar-refractivity contribution in [2.45, 2.75) is 33.7 Å². The number of piperazine rings is 1. The van der Waals surface area contributed by atoms with Crippen LogP contribution in [0.4, 0.5) is 5.69 Å². The van der Waals surface area contributed by atoms with E-state index in [1.165, 1.54) is 11.3 Å². The van der Waals surface area contributed by atoms with E-state index in [4.69, 9.17) is 9.47 Å². The first-order chi connectivity index (χ1) is 13.8. The Balaban J connectivity index is 1.92.